The van der Waals surface area contributed by atoms with Crippen LogP contribution in [-0.2, 0) is 4.79 Å². The maximum atomic E-state index is 12.5. The number of carboxylic acid groups (broad SMARTS) is 1. The summed E-state index contributed by atoms with van der Waals surface area (Å²) in [5.74, 6) is -1.46. The zero-order valence-corrected chi connectivity index (χ0v) is 10.9. The third-order valence-corrected chi connectivity index (χ3v) is 4.38. The maximum absolute atomic E-state index is 12.5. The average Bonchev–Trinajstić information content (AvgIpc) is 2.96. The lowest BCUT2D eigenvalue weighted by molar-refractivity contribution is -0.142. The van der Waals surface area contributed by atoms with Gasteiger partial charge in [0.05, 0.1) is 11.5 Å². The first-order chi connectivity index (χ1) is 9.09. The number of carbonyl (C=O) groups is 2. The number of hydrogen-bond donors (Lipinski definition) is 1. The summed E-state index contributed by atoms with van der Waals surface area (Å²) in [4.78, 5) is 29.3. The fraction of sp³-hybridized carbons (Fsp3) is 0.462. The smallest absolute Gasteiger partial charge is 0.308 e. The molecule has 5 nitrogen and oxygen atoms in total. The second-order valence-electron chi connectivity index (χ2n) is 5.03. The number of fused-ring (bicyclic) bond motifs is 2. The molecule has 3 rings (SSSR count). The highest BCUT2D eigenvalue weighted by atomic mass is 35.5. The van der Waals surface area contributed by atoms with Crippen LogP contribution < -0.4 is 0 Å². The number of carboxylic acids is 1. The van der Waals surface area contributed by atoms with E-state index in [0.29, 0.717) is 12.0 Å². The predicted octanol–water partition coefficient (Wildman–Crippen LogP) is 1.81. The minimum Gasteiger partial charge on any atom is -0.481 e. The Balaban J connectivity index is 1.90. The van der Waals surface area contributed by atoms with E-state index in [0.717, 1.165) is 12.8 Å². The molecule has 1 aromatic rings. The van der Waals surface area contributed by atoms with Gasteiger partial charge in [0, 0.05) is 18.3 Å². The first-order valence-electron chi connectivity index (χ1n) is 6.25. The summed E-state index contributed by atoms with van der Waals surface area (Å²) < 4.78 is 0. The molecule has 100 valence electrons. The molecule has 1 N–H and O–H groups in total. The molecule has 2 aliphatic rings. The fourth-order valence-electron chi connectivity index (χ4n) is 3.26. The van der Waals surface area contributed by atoms with Gasteiger partial charge < -0.3 is 10.0 Å². The maximum Gasteiger partial charge on any atom is 0.308 e. The number of aromatic nitrogens is 1. The van der Waals surface area contributed by atoms with Crippen molar-refractivity contribution in [1.29, 1.82) is 0 Å². The first-order valence-corrected chi connectivity index (χ1v) is 6.63. The number of carbonyl (C=O) groups excluding carboxylic acids is 1. The summed E-state index contributed by atoms with van der Waals surface area (Å²) in [6, 6.07) is 3.11. The van der Waals surface area contributed by atoms with Crippen LogP contribution in [0.1, 0.15) is 29.6 Å². The Kier molecular flexibility index (Phi) is 2.93. The molecular weight excluding hydrogens is 268 g/mol. The molecule has 0 aliphatic carbocycles. The highest BCUT2D eigenvalue weighted by Gasteiger charge is 2.51. The molecule has 2 saturated heterocycles. The minimum atomic E-state index is -0.817. The monoisotopic (exact) mass is 280 g/mol. The van der Waals surface area contributed by atoms with Gasteiger partial charge in [-0.05, 0) is 31.4 Å². The zero-order chi connectivity index (χ0) is 13.6. The summed E-state index contributed by atoms with van der Waals surface area (Å²) in [6.07, 6.45) is 3.70. The number of rotatable bonds is 2. The number of amides is 1. The van der Waals surface area contributed by atoms with Gasteiger partial charge >= 0.3 is 5.97 Å². The van der Waals surface area contributed by atoms with Crippen molar-refractivity contribution in [1.82, 2.24) is 9.88 Å². The van der Waals surface area contributed by atoms with Crippen LogP contribution in [0, 0.1) is 5.92 Å². The van der Waals surface area contributed by atoms with Crippen molar-refractivity contribution in [3.63, 3.8) is 0 Å². The van der Waals surface area contributed by atoms with E-state index in [1.165, 1.54) is 6.20 Å². The average molecular weight is 281 g/mol. The van der Waals surface area contributed by atoms with E-state index < -0.39 is 11.9 Å². The van der Waals surface area contributed by atoms with E-state index in [1.54, 1.807) is 17.0 Å². The molecule has 3 unspecified atom stereocenters. The van der Waals surface area contributed by atoms with Crippen LogP contribution in [0.15, 0.2) is 18.3 Å². The molecule has 3 heterocycles. The van der Waals surface area contributed by atoms with Gasteiger partial charge in [-0.25, -0.2) is 4.98 Å². The third-order valence-electron chi connectivity index (χ3n) is 4.08. The van der Waals surface area contributed by atoms with E-state index in [9.17, 15) is 14.7 Å². The molecule has 0 radical (unpaired) electrons. The van der Waals surface area contributed by atoms with Crippen LogP contribution in [0.5, 0.6) is 0 Å². The Labute approximate surface area is 115 Å². The van der Waals surface area contributed by atoms with E-state index in [2.05, 4.69) is 4.98 Å². The standard InChI is InChI=1S/C13H13ClN2O3/c14-11-8(2-1-5-15-11)12(17)16-7-3-4-10(16)9(6-7)13(18)19/h1-2,5,7,9-10H,3-4,6H2,(H,18,19). The third kappa shape index (κ3) is 1.89. The van der Waals surface area contributed by atoms with Crippen molar-refractivity contribution in [2.45, 2.75) is 31.3 Å². The van der Waals surface area contributed by atoms with Crippen LogP contribution in [0.3, 0.4) is 0 Å². The largest absolute Gasteiger partial charge is 0.481 e. The Hall–Kier alpha value is -1.62. The highest BCUT2D eigenvalue weighted by molar-refractivity contribution is 6.32. The number of nitrogens with zero attached hydrogens (tertiary/aromatic N) is 2. The second-order valence-corrected chi connectivity index (χ2v) is 5.39. The lowest BCUT2D eigenvalue weighted by atomic mass is 9.89. The first kappa shape index (κ1) is 12.4. The zero-order valence-electron chi connectivity index (χ0n) is 10.1. The van der Waals surface area contributed by atoms with E-state index in [-0.39, 0.29) is 23.1 Å². The second kappa shape index (κ2) is 4.49. The van der Waals surface area contributed by atoms with Crippen LogP contribution >= 0.6 is 11.6 Å². The molecule has 2 aliphatic heterocycles. The molecule has 0 saturated carbocycles. The summed E-state index contributed by atoms with van der Waals surface area (Å²) >= 11 is 5.94. The Morgan fingerprint density at radius 2 is 2.21 bits per heavy atom. The van der Waals surface area contributed by atoms with Gasteiger partial charge in [-0.3, -0.25) is 9.59 Å². The SMILES string of the molecule is O=C(O)C1CC2CCC1N2C(=O)c1cccnc1Cl. The Morgan fingerprint density at radius 1 is 1.42 bits per heavy atom. The molecule has 2 fully saturated rings. The van der Waals surface area contributed by atoms with Gasteiger partial charge in [0.15, 0.2) is 0 Å². The van der Waals surface area contributed by atoms with E-state index >= 15 is 0 Å². The molecule has 2 bridgehead atoms. The Morgan fingerprint density at radius 3 is 2.84 bits per heavy atom. The summed E-state index contributed by atoms with van der Waals surface area (Å²) in [7, 11) is 0. The summed E-state index contributed by atoms with van der Waals surface area (Å²) in [5, 5.41) is 9.36. The van der Waals surface area contributed by atoms with Gasteiger partial charge in [-0.2, -0.15) is 0 Å². The summed E-state index contributed by atoms with van der Waals surface area (Å²) in [5.41, 5.74) is 0.354. The number of hydrogen-bond acceptors (Lipinski definition) is 3. The molecule has 0 aromatic carbocycles. The van der Waals surface area contributed by atoms with Crippen LogP contribution in [0.25, 0.3) is 0 Å². The van der Waals surface area contributed by atoms with Crippen LogP contribution in [0.2, 0.25) is 5.15 Å². The molecule has 3 atom stereocenters. The van der Waals surface area contributed by atoms with E-state index in [1.807, 2.05) is 0 Å². The minimum absolute atomic E-state index is 0.0230. The topological polar surface area (TPSA) is 70.5 Å². The van der Waals surface area contributed by atoms with Crippen molar-refractivity contribution < 1.29 is 14.7 Å². The van der Waals surface area contributed by atoms with Crippen molar-refractivity contribution in [3.8, 4) is 0 Å². The molecule has 1 aromatic heterocycles. The van der Waals surface area contributed by atoms with Crippen molar-refractivity contribution in [3.05, 3.63) is 29.0 Å². The van der Waals surface area contributed by atoms with Crippen molar-refractivity contribution in [2.24, 2.45) is 5.92 Å². The van der Waals surface area contributed by atoms with Gasteiger partial charge in [0.2, 0.25) is 0 Å². The predicted molar refractivity (Wildman–Crippen MR) is 68.0 cm³/mol. The highest BCUT2D eigenvalue weighted by Crippen LogP contribution is 2.42. The lowest BCUT2D eigenvalue weighted by Crippen LogP contribution is -2.38. The summed E-state index contributed by atoms with van der Waals surface area (Å²) in [6.45, 7) is 0. The molecule has 1 amide bonds. The van der Waals surface area contributed by atoms with Crippen molar-refractivity contribution >= 4 is 23.5 Å². The van der Waals surface area contributed by atoms with Crippen LogP contribution in [-0.4, -0.2) is 39.0 Å². The fourth-order valence-corrected chi connectivity index (χ4v) is 3.46. The van der Waals surface area contributed by atoms with Crippen molar-refractivity contribution in [2.75, 3.05) is 0 Å². The lowest BCUT2D eigenvalue weighted by Gasteiger charge is -2.23. The van der Waals surface area contributed by atoms with Gasteiger partial charge in [-0.1, -0.05) is 11.6 Å². The van der Waals surface area contributed by atoms with Gasteiger partial charge in [0.1, 0.15) is 5.15 Å². The Bertz CT molecular complexity index is 548. The molecule has 19 heavy (non-hydrogen) atoms. The van der Waals surface area contributed by atoms with Gasteiger partial charge in [0.25, 0.3) is 5.91 Å². The number of halogens is 1. The quantitative estimate of drug-likeness (QED) is 0.839. The van der Waals surface area contributed by atoms with Crippen LogP contribution in [0.4, 0.5) is 0 Å². The normalized spacial score (nSPS) is 28.7. The molecular formula is C13H13ClN2O3. The number of aliphatic carboxylic acids is 1. The van der Waals surface area contributed by atoms with Gasteiger partial charge in [-0.15, -0.1) is 0 Å². The van der Waals surface area contributed by atoms with E-state index in [4.69, 9.17) is 11.6 Å². The number of pyridine rings is 1. The molecule has 6 heteroatoms. The molecule has 0 spiro atoms.